The van der Waals surface area contributed by atoms with E-state index in [1.54, 1.807) is 12.1 Å². The number of carbonyl (C=O) groups excluding carboxylic acids is 2. The highest BCUT2D eigenvalue weighted by atomic mass is 32.2. The maximum Gasteiger partial charge on any atom is 0.268 e. The van der Waals surface area contributed by atoms with Crippen molar-refractivity contribution in [2.75, 3.05) is 12.4 Å². The van der Waals surface area contributed by atoms with Crippen LogP contribution < -0.4 is 0 Å². The van der Waals surface area contributed by atoms with Gasteiger partial charge in [-0.15, -0.1) is 0 Å². The van der Waals surface area contributed by atoms with E-state index in [4.69, 9.17) is 4.74 Å². The van der Waals surface area contributed by atoms with Crippen molar-refractivity contribution in [3.8, 4) is 0 Å². The lowest BCUT2D eigenvalue weighted by molar-refractivity contribution is -0.0861. The summed E-state index contributed by atoms with van der Waals surface area (Å²) in [5.41, 5.74) is -6.31. The fourth-order valence-electron chi connectivity index (χ4n) is 3.70. The molecule has 160 valence electrons. The fourth-order valence-corrected chi connectivity index (χ4v) is 4.63. The van der Waals surface area contributed by atoms with Gasteiger partial charge in [0.2, 0.25) is 5.78 Å². The van der Waals surface area contributed by atoms with Crippen LogP contribution in [0, 0.1) is 0 Å². The van der Waals surface area contributed by atoms with Gasteiger partial charge >= 0.3 is 0 Å². The highest BCUT2D eigenvalue weighted by Gasteiger charge is 2.73. The Labute approximate surface area is 172 Å². The van der Waals surface area contributed by atoms with Crippen LogP contribution in [-0.4, -0.2) is 75.6 Å². The zero-order valence-electron chi connectivity index (χ0n) is 15.6. The average Bonchev–Trinajstić information content (AvgIpc) is 2.95. The number of aliphatic hydroxyl groups is 3. The number of Topliss-reactive ketones (excluding diaryl/α,β-unsaturated/α-hetero) is 2. The zero-order chi connectivity index (χ0) is 22.2. The van der Waals surface area contributed by atoms with Crippen LogP contribution in [-0.2, 0) is 14.9 Å². The van der Waals surface area contributed by atoms with E-state index in [0.717, 1.165) is 0 Å². The number of ketones is 2. The molecule has 0 aromatic heterocycles. The van der Waals surface area contributed by atoms with Crippen LogP contribution in [0.25, 0.3) is 0 Å². The molecule has 9 nitrogen and oxygen atoms in total. The molecule has 0 bridgehead atoms. The van der Waals surface area contributed by atoms with Crippen LogP contribution in [0.5, 0.6) is 0 Å². The van der Waals surface area contributed by atoms with Crippen LogP contribution in [0.3, 0.4) is 0 Å². The zero-order valence-corrected chi connectivity index (χ0v) is 16.4. The van der Waals surface area contributed by atoms with E-state index < -0.39 is 57.5 Å². The smallest absolute Gasteiger partial charge is 0.268 e. The summed E-state index contributed by atoms with van der Waals surface area (Å²) in [4.78, 5) is 26.7. The molecule has 0 amide bonds. The minimum atomic E-state index is -5.01. The van der Waals surface area contributed by atoms with Gasteiger partial charge in [0.05, 0.1) is 6.61 Å². The van der Waals surface area contributed by atoms with Gasteiger partial charge in [-0.3, -0.25) is 14.1 Å². The molecule has 0 saturated carbocycles. The highest BCUT2D eigenvalue weighted by molar-refractivity contribution is 7.85. The molecule has 2 aromatic rings. The molecule has 4 N–H and O–H groups in total. The quantitative estimate of drug-likeness (QED) is 0.342. The van der Waals surface area contributed by atoms with Gasteiger partial charge in [-0.2, -0.15) is 8.42 Å². The molecule has 1 aliphatic rings. The predicted octanol–water partition coefficient (Wildman–Crippen LogP) is -0.138. The van der Waals surface area contributed by atoms with Crippen molar-refractivity contribution < 1.29 is 42.6 Å². The Kier molecular flexibility index (Phi) is 5.92. The molecule has 1 heterocycles. The van der Waals surface area contributed by atoms with Crippen molar-refractivity contribution in [3.05, 3.63) is 71.8 Å². The summed E-state index contributed by atoms with van der Waals surface area (Å²) in [7, 11) is -5.01. The Hall–Kier alpha value is -2.47. The Morgan fingerprint density at radius 1 is 0.933 bits per heavy atom. The first-order valence-corrected chi connectivity index (χ1v) is 10.5. The maximum absolute atomic E-state index is 13.4. The number of benzene rings is 2. The Bertz CT molecular complexity index is 1040. The summed E-state index contributed by atoms with van der Waals surface area (Å²) >= 11 is 0. The summed E-state index contributed by atoms with van der Waals surface area (Å²) < 4.78 is 38.6. The lowest BCUT2D eigenvalue weighted by Gasteiger charge is -2.38. The molecule has 1 fully saturated rings. The Morgan fingerprint density at radius 2 is 1.40 bits per heavy atom. The molecular weight excluding hydrogens is 416 g/mol. The van der Waals surface area contributed by atoms with Crippen LogP contribution in [0.15, 0.2) is 60.7 Å². The average molecular weight is 436 g/mol. The topological polar surface area (TPSA) is 158 Å². The second-order valence-corrected chi connectivity index (χ2v) is 8.45. The molecule has 0 radical (unpaired) electrons. The number of hydrogen-bond donors (Lipinski definition) is 4. The Morgan fingerprint density at radius 3 is 1.83 bits per heavy atom. The van der Waals surface area contributed by atoms with Gasteiger partial charge in [0.1, 0.15) is 18.0 Å². The first-order chi connectivity index (χ1) is 14.1. The third-order valence-electron chi connectivity index (χ3n) is 5.10. The van der Waals surface area contributed by atoms with Crippen molar-refractivity contribution in [1.29, 1.82) is 0 Å². The largest absolute Gasteiger partial charge is 0.394 e. The molecule has 10 heteroatoms. The molecule has 4 atom stereocenters. The van der Waals surface area contributed by atoms with E-state index in [1.807, 2.05) is 0 Å². The minimum absolute atomic E-state index is 0.133. The lowest BCUT2D eigenvalue weighted by atomic mass is 9.72. The normalized spacial score (nSPS) is 28.9. The molecule has 30 heavy (non-hydrogen) atoms. The van der Waals surface area contributed by atoms with Crippen molar-refractivity contribution >= 4 is 21.7 Å². The van der Waals surface area contributed by atoms with Crippen LogP contribution in [0.4, 0.5) is 0 Å². The number of carbonyl (C=O) groups is 2. The van der Waals surface area contributed by atoms with Gasteiger partial charge in [0.25, 0.3) is 10.1 Å². The number of rotatable bonds is 7. The fraction of sp³-hybridized carbons (Fsp3) is 0.300. The monoisotopic (exact) mass is 436 g/mol. The van der Waals surface area contributed by atoms with E-state index in [0.29, 0.717) is 0 Å². The SMILES string of the molecule is O=C(c1ccccc1)C1(CS(=O)(=O)O)O[C@H](CO)[C@@H](O)[C@]1(O)C(=O)c1ccccc1. The third kappa shape index (κ3) is 3.58. The minimum Gasteiger partial charge on any atom is -0.394 e. The standard InChI is InChI=1S/C20H20O9S/c21-11-15-18(24)20(25,17(23)14-9-5-2-6-10-14)19(29-15,12-30(26,27)28)16(22)13-7-3-1-4-8-13/h1-10,15,18,21,24-25H,11-12H2,(H,26,27,28)/t15-,18-,19?,20-/m1/s1. The van der Waals surface area contributed by atoms with Gasteiger partial charge in [-0.05, 0) is 0 Å². The number of aliphatic hydroxyl groups excluding tert-OH is 2. The molecule has 3 rings (SSSR count). The van der Waals surface area contributed by atoms with Crippen molar-refractivity contribution in [3.63, 3.8) is 0 Å². The summed E-state index contributed by atoms with van der Waals surface area (Å²) in [5, 5.41) is 31.7. The van der Waals surface area contributed by atoms with E-state index in [-0.39, 0.29) is 11.1 Å². The molecule has 1 saturated heterocycles. The first-order valence-electron chi connectivity index (χ1n) is 8.91. The molecule has 0 spiro atoms. The molecule has 1 aliphatic heterocycles. The van der Waals surface area contributed by atoms with Gasteiger partial charge in [0.15, 0.2) is 17.0 Å². The van der Waals surface area contributed by atoms with Crippen LogP contribution in [0.2, 0.25) is 0 Å². The molecule has 1 unspecified atom stereocenters. The highest BCUT2D eigenvalue weighted by Crippen LogP contribution is 2.45. The van der Waals surface area contributed by atoms with E-state index >= 15 is 0 Å². The van der Waals surface area contributed by atoms with Crippen LogP contribution >= 0.6 is 0 Å². The summed E-state index contributed by atoms with van der Waals surface area (Å²) in [6.45, 7) is -0.930. The molecular formula is C20H20O9S. The first kappa shape index (κ1) is 22.2. The van der Waals surface area contributed by atoms with E-state index in [2.05, 4.69) is 0 Å². The van der Waals surface area contributed by atoms with Crippen molar-refractivity contribution in [2.45, 2.75) is 23.4 Å². The lowest BCUT2D eigenvalue weighted by Crippen LogP contribution is -2.67. The van der Waals surface area contributed by atoms with Crippen molar-refractivity contribution in [1.82, 2.24) is 0 Å². The maximum atomic E-state index is 13.4. The van der Waals surface area contributed by atoms with Gasteiger partial charge < -0.3 is 20.1 Å². The molecule has 2 aromatic carbocycles. The number of ether oxygens (including phenoxy) is 1. The predicted molar refractivity (Wildman–Crippen MR) is 104 cm³/mol. The Balaban J connectivity index is 2.28. The van der Waals surface area contributed by atoms with Crippen molar-refractivity contribution in [2.24, 2.45) is 0 Å². The van der Waals surface area contributed by atoms with E-state index in [9.17, 15) is 37.9 Å². The summed E-state index contributed by atoms with van der Waals surface area (Å²) in [6.07, 6.45) is -3.83. The second-order valence-electron chi connectivity index (χ2n) is 6.99. The third-order valence-corrected chi connectivity index (χ3v) is 5.87. The van der Waals surface area contributed by atoms with Gasteiger partial charge in [-0.1, -0.05) is 60.7 Å². The van der Waals surface area contributed by atoms with E-state index in [1.165, 1.54) is 48.5 Å². The molecule has 0 aliphatic carbocycles. The summed E-state index contributed by atoms with van der Waals surface area (Å²) in [5.74, 6) is -3.86. The van der Waals surface area contributed by atoms with Crippen LogP contribution in [0.1, 0.15) is 20.7 Å². The van der Waals surface area contributed by atoms with Gasteiger partial charge in [0, 0.05) is 11.1 Å². The number of hydrogen-bond acceptors (Lipinski definition) is 8. The second kappa shape index (κ2) is 7.99. The summed E-state index contributed by atoms with van der Waals surface area (Å²) in [6, 6.07) is 14.2. The van der Waals surface area contributed by atoms with Gasteiger partial charge in [-0.25, -0.2) is 0 Å².